The molecule has 2 aromatic heterocycles. The van der Waals surface area contributed by atoms with Gasteiger partial charge in [-0.1, -0.05) is 0 Å². The van der Waals surface area contributed by atoms with Crippen LogP contribution in [0.4, 0.5) is 5.82 Å². The van der Waals surface area contributed by atoms with Crippen molar-refractivity contribution < 1.29 is 62.5 Å². The highest BCUT2D eigenvalue weighted by atomic mass is 31.3. The van der Waals surface area contributed by atoms with E-state index in [1.165, 1.54) is 23.0 Å². The second-order valence-corrected chi connectivity index (χ2v) is 14.9. The molecule has 25 nitrogen and oxygen atoms in total. The van der Waals surface area contributed by atoms with E-state index in [0.29, 0.717) is 5.56 Å². The highest BCUT2D eigenvalue weighted by molar-refractivity contribution is 7.61. The maximum atomic E-state index is 12.5. The number of anilines is 1. The first-order chi connectivity index (χ1) is 25.4. The Labute approximate surface area is 300 Å². The van der Waals surface area contributed by atoms with Crippen LogP contribution in [0.3, 0.4) is 0 Å². The summed E-state index contributed by atoms with van der Waals surface area (Å²) >= 11 is 0. The number of phosphoric ester groups is 2. The summed E-state index contributed by atoms with van der Waals surface area (Å²) in [5.41, 5.74) is 4.61. The van der Waals surface area contributed by atoms with Crippen molar-refractivity contribution in [3.05, 3.63) is 56.8 Å². The lowest BCUT2D eigenvalue weighted by atomic mass is 10.1. The van der Waals surface area contributed by atoms with E-state index in [4.69, 9.17) is 10.5 Å². The number of H-pyrrole nitrogens is 1. The van der Waals surface area contributed by atoms with Crippen LogP contribution in [0.2, 0.25) is 0 Å². The summed E-state index contributed by atoms with van der Waals surface area (Å²) in [6, 6.07) is 4.76. The molecular formula is C27H30N10O15P2. The van der Waals surface area contributed by atoms with Gasteiger partial charge < -0.3 is 50.4 Å². The van der Waals surface area contributed by atoms with E-state index in [9.17, 15) is 59.3 Å². The number of nitrogens with two attached hydrogens (primary N) is 1. The molecule has 9 atom stereocenters. The Balaban J connectivity index is 1.08. The summed E-state index contributed by atoms with van der Waals surface area (Å²) in [7, 11) is -11.1. The number of aromatic nitrogens is 8. The van der Waals surface area contributed by atoms with Crippen molar-refractivity contribution in [2.75, 3.05) is 18.9 Å². The van der Waals surface area contributed by atoms with Crippen LogP contribution in [0.5, 0.6) is 0 Å². The molecule has 5 heterocycles. The van der Waals surface area contributed by atoms with Crippen molar-refractivity contribution in [3.63, 3.8) is 0 Å². The molecule has 27 heteroatoms. The number of benzene rings is 1. The van der Waals surface area contributed by atoms with Gasteiger partial charge in [0.2, 0.25) is 0 Å². The van der Waals surface area contributed by atoms with E-state index in [0.717, 1.165) is 10.9 Å². The predicted molar refractivity (Wildman–Crippen MR) is 177 cm³/mol. The van der Waals surface area contributed by atoms with E-state index >= 15 is 0 Å². The summed E-state index contributed by atoms with van der Waals surface area (Å²) in [6.45, 7) is -1.33. The number of imidazole rings is 1. The lowest BCUT2D eigenvalue weighted by Crippen LogP contribution is -2.42. The molecule has 1 saturated heterocycles. The van der Waals surface area contributed by atoms with Gasteiger partial charge in [-0.25, -0.2) is 33.9 Å². The van der Waals surface area contributed by atoms with Gasteiger partial charge in [0, 0.05) is 0 Å². The van der Waals surface area contributed by atoms with Crippen LogP contribution < -0.4 is 17.0 Å². The lowest BCUT2D eigenvalue weighted by molar-refractivity contribution is -0.0794. The standard InChI is InChI=1S/C27H30N10O15P2/c1-10-2-12-13(3-11(10)4-28)36(24-18(33-12)25(43)35-27(44)34-24)5-14(38)19(40)15(39)6-49-53(45,46)52-54(47,48)50-7-16-20(41)21(42)26(51-16)37-9-32-17-22(29)30-8-31-23(17)37/h2-3,8-9,14-16,19-21,26,38-42H,5-7H2,1H3,(H,45,46)(H,47,48)(H2,29,30,31)(H,35,43,44)/t14-,15+,16+,19-,20+,21+,26+/m0/s1. The highest BCUT2D eigenvalue weighted by Crippen LogP contribution is 2.60. The monoisotopic (exact) mass is 796 g/mol. The topological polar surface area (TPSA) is 387 Å². The molecule has 1 aromatic carbocycles. The number of hydrogen-bond donors (Lipinski definition) is 9. The fourth-order valence-electron chi connectivity index (χ4n) is 5.57. The average molecular weight is 797 g/mol. The minimum atomic E-state index is -5.58. The summed E-state index contributed by atoms with van der Waals surface area (Å²) < 4.78 is 46.4. The second-order valence-electron chi connectivity index (χ2n) is 11.9. The number of phosphoric acid groups is 2. The van der Waals surface area contributed by atoms with Crippen LogP contribution in [-0.4, -0.2) is 124 Å². The third-order valence-corrected chi connectivity index (χ3v) is 10.9. The number of hydrogen-bond acceptors (Lipinski definition) is 20. The van der Waals surface area contributed by atoms with Crippen LogP contribution in [0.1, 0.15) is 17.4 Å². The number of rotatable bonds is 13. The number of fused-ring (bicyclic) bond motifs is 3. The number of nitrogens with one attached hydrogen (secondary N) is 1. The average Bonchev–Trinajstić information content (AvgIpc) is 3.66. The molecule has 10 N–H and O–H groups in total. The van der Waals surface area contributed by atoms with Gasteiger partial charge >= 0.3 is 21.3 Å². The van der Waals surface area contributed by atoms with E-state index in [2.05, 4.69) is 38.3 Å². The van der Waals surface area contributed by atoms with Crippen molar-refractivity contribution >= 4 is 43.7 Å². The highest BCUT2D eigenvalue weighted by Gasteiger charge is 2.46. The molecule has 288 valence electrons. The molecule has 3 aliphatic heterocycles. The van der Waals surface area contributed by atoms with Gasteiger partial charge in [0.15, 0.2) is 29.2 Å². The molecule has 1 fully saturated rings. The minimum Gasteiger partial charge on any atom is -0.388 e. The first-order valence-electron chi connectivity index (χ1n) is 15.4. The molecule has 6 rings (SSSR count). The number of aliphatic hydroxyl groups excluding tert-OH is 5. The van der Waals surface area contributed by atoms with Crippen molar-refractivity contribution in [1.82, 2.24) is 39.0 Å². The van der Waals surface area contributed by atoms with E-state index in [-0.39, 0.29) is 45.1 Å². The van der Waals surface area contributed by atoms with Gasteiger partial charge in [0.25, 0.3) is 5.56 Å². The number of nitrogen functional groups attached to an aromatic ring is 1. The number of ether oxygens (including phenoxy) is 1. The van der Waals surface area contributed by atoms with Crippen LogP contribution in [0.15, 0.2) is 34.4 Å². The molecular weight excluding hydrogens is 766 g/mol. The largest absolute Gasteiger partial charge is 0.481 e. The summed E-state index contributed by atoms with van der Waals surface area (Å²) in [4.78, 5) is 66.4. The predicted octanol–water partition coefficient (Wildman–Crippen LogP) is -2.86. The molecule has 3 aromatic rings. The quantitative estimate of drug-likeness (QED) is 0.0427. The molecule has 0 bridgehead atoms. The normalized spacial score (nSPS) is 22.9. The smallest absolute Gasteiger partial charge is 0.388 e. The van der Waals surface area contributed by atoms with Crippen molar-refractivity contribution in [2.24, 2.45) is 0 Å². The SMILES string of the molecule is Cc1cc2nc3c(=O)[nH]c(=O)nc-3n(C[C@H](O)[C@H](O)[C@H](O)COP(=O)(O)OP(=O)(O)OC[C@H]3O[C@@H](n4cnc5c(N)ncnc54)[C@H](O)[C@@H]3O)c2cc1C#N. The van der Waals surface area contributed by atoms with Crippen LogP contribution >= 0.6 is 15.6 Å². The third-order valence-electron chi connectivity index (χ3n) is 8.25. The first-order valence-corrected chi connectivity index (χ1v) is 18.4. The molecule has 0 aliphatic carbocycles. The third kappa shape index (κ3) is 7.78. The van der Waals surface area contributed by atoms with E-state index < -0.39 is 89.5 Å². The number of aromatic amines is 1. The number of aliphatic hydroxyl groups is 5. The first kappa shape index (κ1) is 39.1. The maximum absolute atomic E-state index is 12.5. The fraction of sp³-hybridized carbons (Fsp3) is 0.407. The zero-order valence-electron chi connectivity index (χ0n) is 27.4. The summed E-state index contributed by atoms with van der Waals surface area (Å²) in [6.07, 6.45) is -10.2. The van der Waals surface area contributed by atoms with Crippen molar-refractivity contribution in [2.45, 2.75) is 56.3 Å². The van der Waals surface area contributed by atoms with Gasteiger partial charge in [0.05, 0.1) is 48.8 Å². The summed E-state index contributed by atoms with van der Waals surface area (Å²) in [5.74, 6) is -0.323. The molecule has 3 aliphatic rings. The van der Waals surface area contributed by atoms with Crippen LogP contribution in [0, 0.1) is 18.3 Å². The number of nitriles is 1. The maximum Gasteiger partial charge on any atom is 0.481 e. The van der Waals surface area contributed by atoms with Gasteiger partial charge in [-0.15, -0.1) is 0 Å². The number of nitrogens with zero attached hydrogens (tertiary/aromatic N) is 8. The van der Waals surface area contributed by atoms with Gasteiger partial charge in [-0.3, -0.25) is 23.4 Å². The molecule has 0 radical (unpaired) electrons. The Morgan fingerprint density at radius 1 is 1.06 bits per heavy atom. The molecule has 0 amide bonds. The molecule has 0 spiro atoms. The van der Waals surface area contributed by atoms with Crippen LogP contribution in [0.25, 0.3) is 33.7 Å². The van der Waals surface area contributed by atoms with E-state index in [1.807, 2.05) is 11.1 Å². The Kier molecular flexibility index (Phi) is 10.8. The van der Waals surface area contributed by atoms with E-state index in [1.54, 1.807) is 6.92 Å². The lowest BCUT2D eigenvalue weighted by Gasteiger charge is -2.26. The molecule has 2 unspecified atom stereocenters. The second kappa shape index (κ2) is 14.9. The van der Waals surface area contributed by atoms with Gasteiger partial charge in [0.1, 0.15) is 48.5 Å². The minimum absolute atomic E-state index is 0.0209. The summed E-state index contributed by atoms with van der Waals surface area (Å²) in [5, 5.41) is 62.5. The van der Waals surface area contributed by atoms with Gasteiger partial charge in [-0.05, 0) is 24.6 Å². The Hall–Kier alpha value is -4.64. The number of aryl methyl sites for hydroxylation is 1. The zero-order chi connectivity index (χ0) is 39.3. The van der Waals surface area contributed by atoms with Crippen molar-refractivity contribution in [3.8, 4) is 17.6 Å². The Morgan fingerprint density at radius 2 is 1.78 bits per heavy atom. The van der Waals surface area contributed by atoms with Crippen molar-refractivity contribution in [1.29, 1.82) is 5.26 Å². The van der Waals surface area contributed by atoms with Gasteiger partial charge in [-0.2, -0.15) is 14.6 Å². The molecule has 0 saturated carbocycles. The zero-order valence-corrected chi connectivity index (χ0v) is 29.2. The Bertz CT molecular complexity index is 2450. The van der Waals surface area contributed by atoms with Crippen LogP contribution in [-0.2, 0) is 33.8 Å². The fourth-order valence-corrected chi connectivity index (χ4v) is 7.67. The Morgan fingerprint density at radius 3 is 2.50 bits per heavy atom. The molecule has 54 heavy (non-hydrogen) atoms.